The van der Waals surface area contributed by atoms with E-state index in [1.807, 2.05) is 61.5 Å². The van der Waals surface area contributed by atoms with Crippen LogP contribution in [0.5, 0.6) is 0 Å². The third-order valence-corrected chi connectivity index (χ3v) is 4.24. The van der Waals surface area contributed by atoms with Crippen molar-refractivity contribution < 1.29 is 9.59 Å². The van der Waals surface area contributed by atoms with Gasteiger partial charge in [-0.15, -0.1) is 0 Å². The smallest absolute Gasteiger partial charge is 0.227 e. The highest BCUT2D eigenvalue weighted by Crippen LogP contribution is 2.30. The van der Waals surface area contributed by atoms with Crippen LogP contribution in [0.1, 0.15) is 37.7 Å². The van der Waals surface area contributed by atoms with Crippen LogP contribution < -0.4 is 10.6 Å². The molecule has 1 aliphatic carbocycles. The Morgan fingerprint density at radius 2 is 1.54 bits per heavy atom. The molecule has 24 heavy (non-hydrogen) atoms. The molecule has 2 aromatic carbocycles. The van der Waals surface area contributed by atoms with E-state index < -0.39 is 0 Å². The first-order valence-electron chi connectivity index (χ1n) is 8.37. The minimum Gasteiger partial charge on any atom is -0.326 e. The first kappa shape index (κ1) is 16.2. The molecule has 0 spiro atoms. The average Bonchev–Trinajstić information content (AvgIpc) is 3.42. The van der Waals surface area contributed by atoms with E-state index in [1.165, 1.54) is 0 Å². The zero-order valence-corrected chi connectivity index (χ0v) is 13.8. The zero-order chi connectivity index (χ0) is 16.9. The van der Waals surface area contributed by atoms with E-state index in [1.54, 1.807) is 0 Å². The van der Waals surface area contributed by atoms with Gasteiger partial charge in [-0.1, -0.05) is 37.3 Å². The molecule has 0 aliphatic heterocycles. The van der Waals surface area contributed by atoms with E-state index in [0.717, 1.165) is 29.8 Å². The summed E-state index contributed by atoms with van der Waals surface area (Å²) in [7, 11) is 0. The van der Waals surface area contributed by atoms with Crippen LogP contribution >= 0.6 is 0 Å². The summed E-state index contributed by atoms with van der Waals surface area (Å²) in [5.74, 6) is 0.428. The standard InChI is InChI=1S/C20H22N2O2/c1-14(15-5-3-2-4-6-15)13-19(23)21-17-9-11-18(12-10-17)22-20(24)16-7-8-16/h2-6,9-12,14,16H,7-8,13H2,1H3,(H,21,23)(H,22,24)/t14-/m0/s1. The molecule has 2 amide bonds. The van der Waals surface area contributed by atoms with E-state index in [2.05, 4.69) is 10.6 Å². The molecule has 1 saturated carbocycles. The fraction of sp³-hybridized carbons (Fsp3) is 0.300. The molecule has 124 valence electrons. The number of anilines is 2. The number of benzene rings is 2. The summed E-state index contributed by atoms with van der Waals surface area (Å²) in [6.07, 6.45) is 2.41. The minimum absolute atomic E-state index is 0.0129. The molecule has 0 unspecified atom stereocenters. The number of rotatable bonds is 6. The normalized spacial score (nSPS) is 14.7. The van der Waals surface area contributed by atoms with Crippen molar-refractivity contribution in [2.24, 2.45) is 5.92 Å². The first-order valence-corrected chi connectivity index (χ1v) is 8.37. The van der Waals surface area contributed by atoms with Gasteiger partial charge < -0.3 is 10.6 Å². The lowest BCUT2D eigenvalue weighted by Crippen LogP contribution is -2.15. The Morgan fingerprint density at radius 3 is 2.12 bits per heavy atom. The molecule has 1 atom stereocenters. The van der Waals surface area contributed by atoms with Crippen LogP contribution in [0.25, 0.3) is 0 Å². The fourth-order valence-corrected chi connectivity index (χ4v) is 2.62. The van der Waals surface area contributed by atoms with E-state index in [9.17, 15) is 9.59 Å². The lowest BCUT2D eigenvalue weighted by Gasteiger charge is -2.12. The summed E-state index contributed by atoms with van der Waals surface area (Å²) >= 11 is 0. The molecule has 1 fully saturated rings. The van der Waals surface area contributed by atoms with Crippen molar-refractivity contribution >= 4 is 23.2 Å². The van der Waals surface area contributed by atoms with Gasteiger partial charge in [-0.2, -0.15) is 0 Å². The molecule has 0 bridgehead atoms. The first-order chi connectivity index (χ1) is 11.6. The molecule has 0 aromatic heterocycles. The van der Waals surface area contributed by atoms with E-state index in [4.69, 9.17) is 0 Å². The third kappa shape index (κ3) is 4.44. The Morgan fingerprint density at radius 1 is 0.958 bits per heavy atom. The van der Waals surface area contributed by atoms with Crippen molar-refractivity contribution in [1.82, 2.24) is 0 Å². The highest BCUT2D eigenvalue weighted by Gasteiger charge is 2.29. The van der Waals surface area contributed by atoms with Crippen molar-refractivity contribution in [1.29, 1.82) is 0 Å². The SMILES string of the molecule is C[C@@H](CC(=O)Nc1ccc(NC(=O)C2CC2)cc1)c1ccccc1. The van der Waals surface area contributed by atoms with Gasteiger partial charge in [0.1, 0.15) is 0 Å². The molecule has 0 heterocycles. The predicted molar refractivity (Wildman–Crippen MR) is 95.9 cm³/mol. The molecule has 3 rings (SSSR count). The largest absolute Gasteiger partial charge is 0.326 e. The number of carbonyl (C=O) groups is 2. The lowest BCUT2D eigenvalue weighted by atomic mass is 9.97. The minimum atomic E-state index is -0.0129. The number of carbonyl (C=O) groups excluding carboxylic acids is 2. The quantitative estimate of drug-likeness (QED) is 0.838. The van der Waals surface area contributed by atoms with Gasteiger partial charge in [0.05, 0.1) is 0 Å². The maximum absolute atomic E-state index is 12.2. The summed E-state index contributed by atoms with van der Waals surface area (Å²) in [6, 6.07) is 17.3. The summed E-state index contributed by atoms with van der Waals surface area (Å²) < 4.78 is 0. The van der Waals surface area contributed by atoms with Gasteiger partial charge in [0.15, 0.2) is 0 Å². The highest BCUT2D eigenvalue weighted by atomic mass is 16.2. The van der Waals surface area contributed by atoms with Crippen molar-refractivity contribution in [3.8, 4) is 0 Å². The van der Waals surface area contributed by atoms with E-state index in [-0.39, 0.29) is 23.7 Å². The van der Waals surface area contributed by atoms with E-state index >= 15 is 0 Å². The Balaban J connectivity index is 1.51. The van der Waals surface area contributed by atoms with Gasteiger partial charge in [0, 0.05) is 23.7 Å². The van der Waals surface area contributed by atoms with Gasteiger partial charge in [0.2, 0.25) is 11.8 Å². The maximum Gasteiger partial charge on any atom is 0.227 e. The molecule has 2 aromatic rings. The van der Waals surface area contributed by atoms with Crippen molar-refractivity contribution in [3.63, 3.8) is 0 Å². The maximum atomic E-state index is 12.2. The zero-order valence-electron chi connectivity index (χ0n) is 13.8. The molecular weight excluding hydrogens is 300 g/mol. The van der Waals surface area contributed by atoms with Crippen LogP contribution in [0, 0.1) is 5.92 Å². The molecule has 1 aliphatic rings. The molecule has 0 saturated heterocycles. The third-order valence-electron chi connectivity index (χ3n) is 4.24. The Bertz CT molecular complexity index is 706. The summed E-state index contributed by atoms with van der Waals surface area (Å²) in [4.78, 5) is 23.9. The lowest BCUT2D eigenvalue weighted by molar-refractivity contribution is -0.117. The fourth-order valence-electron chi connectivity index (χ4n) is 2.62. The van der Waals surface area contributed by atoms with Gasteiger partial charge in [0.25, 0.3) is 0 Å². The van der Waals surface area contributed by atoms with Gasteiger partial charge in [-0.05, 0) is 48.6 Å². The second-order valence-corrected chi connectivity index (χ2v) is 6.40. The van der Waals surface area contributed by atoms with Crippen LogP contribution in [-0.4, -0.2) is 11.8 Å². The number of hydrogen-bond acceptors (Lipinski definition) is 2. The molecule has 4 heteroatoms. The van der Waals surface area contributed by atoms with Crippen molar-refractivity contribution in [3.05, 3.63) is 60.2 Å². The van der Waals surface area contributed by atoms with Crippen molar-refractivity contribution in [2.75, 3.05) is 10.6 Å². The molecule has 2 N–H and O–H groups in total. The monoisotopic (exact) mass is 322 g/mol. The van der Waals surface area contributed by atoms with Gasteiger partial charge in [-0.25, -0.2) is 0 Å². The van der Waals surface area contributed by atoms with Crippen LogP contribution in [0.15, 0.2) is 54.6 Å². The highest BCUT2D eigenvalue weighted by molar-refractivity contribution is 5.95. The van der Waals surface area contributed by atoms with Crippen LogP contribution in [0.4, 0.5) is 11.4 Å². The van der Waals surface area contributed by atoms with Crippen LogP contribution in [0.2, 0.25) is 0 Å². The van der Waals surface area contributed by atoms with Crippen LogP contribution in [-0.2, 0) is 9.59 Å². The number of amides is 2. The summed E-state index contributed by atoms with van der Waals surface area (Å²) in [6.45, 7) is 2.05. The number of hydrogen-bond donors (Lipinski definition) is 2. The van der Waals surface area contributed by atoms with Crippen LogP contribution in [0.3, 0.4) is 0 Å². The predicted octanol–water partition coefficient (Wildman–Crippen LogP) is 4.17. The Hall–Kier alpha value is -2.62. The average molecular weight is 322 g/mol. The summed E-state index contributed by atoms with van der Waals surface area (Å²) in [5.41, 5.74) is 2.66. The molecule has 0 radical (unpaired) electrons. The summed E-state index contributed by atoms with van der Waals surface area (Å²) in [5, 5.41) is 5.79. The van der Waals surface area contributed by atoms with Gasteiger partial charge >= 0.3 is 0 Å². The Kier molecular flexibility index (Phi) is 4.94. The van der Waals surface area contributed by atoms with Gasteiger partial charge in [-0.3, -0.25) is 9.59 Å². The second-order valence-electron chi connectivity index (χ2n) is 6.40. The Labute approximate surface area is 142 Å². The molecule has 4 nitrogen and oxygen atoms in total. The number of nitrogens with one attached hydrogen (secondary N) is 2. The molecular formula is C20H22N2O2. The topological polar surface area (TPSA) is 58.2 Å². The van der Waals surface area contributed by atoms with Crippen molar-refractivity contribution in [2.45, 2.75) is 32.1 Å². The van der Waals surface area contributed by atoms with E-state index in [0.29, 0.717) is 6.42 Å². The second kappa shape index (κ2) is 7.30.